The average Bonchev–Trinajstić information content (AvgIpc) is 2.46. The fraction of sp³-hybridized carbons (Fsp3) is 0.133. The van der Waals surface area contributed by atoms with Gasteiger partial charge in [-0.05, 0) is 30.3 Å². The zero-order chi connectivity index (χ0) is 18.0. The zero-order valence-corrected chi connectivity index (χ0v) is 11.8. The van der Waals surface area contributed by atoms with Gasteiger partial charge in [0.15, 0.2) is 0 Å². The Morgan fingerprint density at radius 2 is 1.42 bits per heavy atom. The van der Waals surface area contributed by atoms with Crippen LogP contribution in [0.25, 0.3) is 0 Å². The molecule has 9 heteroatoms. The smallest absolute Gasteiger partial charge is 0.263 e. The second kappa shape index (κ2) is 6.42. The molecule has 0 unspecified atom stereocenters. The standard InChI is InChI=1S/C15H10F6N2O/c16-14(17,18)10-5-4-8-12(9-10)23(11-6-2-1-3-7-11)13(24)22-15(19,20)21/h1-9H,(H,22,24). The van der Waals surface area contributed by atoms with Gasteiger partial charge in [0.05, 0.1) is 16.9 Å². The lowest BCUT2D eigenvalue weighted by Crippen LogP contribution is -2.44. The summed E-state index contributed by atoms with van der Waals surface area (Å²) in [5, 5.41) is 0.780. The quantitative estimate of drug-likeness (QED) is 0.596. The zero-order valence-electron chi connectivity index (χ0n) is 11.8. The second-order valence-electron chi connectivity index (χ2n) is 4.65. The third kappa shape index (κ3) is 4.40. The van der Waals surface area contributed by atoms with E-state index in [9.17, 15) is 31.1 Å². The van der Waals surface area contributed by atoms with Crippen molar-refractivity contribution in [1.29, 1.82) is 0 Å². The van der Waals surface area contributed by atoms with Gasteiger partial charge in [-0.2, -0.15) is 26.3 Å². The van der Waals surface area contributed by atoms with E-state index in [0.29, 0.717) is 11.0 Å². The van der Waals surface area contributed by atoms with Gasteiger partial charge < -0.3 is 0 Å². The molecule has 0 aliphatic carbocycles. The fourth-order valence-electron chi connectivity index (χ4n) is 1.96. The minimum absolute atomic E-state index is 0.0152. The molecule has 0 heterocycles. The van der Waals surface area contributed by atoms with Crippen LogP contribution in [-0.2, 0) is 6.18 Å². The molecule has 0 atom stereocenters. The molecule has 0 aliphatic heterocycles. The van der Waals surface area contributed by atoms with E-state index in [1.807, 2.05) is 0 Å². The number of halogens is 6. The topological polar surface area (TPSA) is 32.3 Å². The van der Waals surface area contributed by atoms with E-state index >= 15 is 0 Å². The fourth-order valence-corrected chi connectivity index (χ4v) is 1.96. The van der Waals surface area contributed by atoms with Gasteiger partial charge in [0.25, 0.3) is 0 Å². The van der Waals surface area contributed by atoms with Gasteiger partial charge >= 0.3 is 18.5 Å². The van der Waals surface area contributed by atoms with Crippen LogP contribution in [0.2, 0.25) is 0 Å². The summed E-state index contributed by atoms with van der Waals surface area (Å²) in [7, 11) is 0. The highest BCUT2D eigenvalue weighted by Crippen LogP contribution is 2.34. The number of rotatable bonds is 2. The van der Waals surface area contributed by atoms with Gasteiger partial charge in [-0.1, -0.05) is 24.3 Å². The number of benzene rings is 2. The van der Waals surface area contributed by atoms with Crippen LogP contribution in [-0.4, -0.2) is 12.3 Å². The van der Waals surface area contributed by atoms with E-state index in [1.54, 1.807) is 6.07 Å². The van der Waals surface area contributed by atoms with Gasteiger partial charge in [-0.25, -0.2) is 10.1 Å². The maximum absolute atomic E-state index is 12.8. The van der Waals surface area contributed by atoms with Crippen LogP contribution >= 0.6 is 0 Å². The predicted molar refractivity (Wildman–Crippen MR) is 74.6 cm³/mol. The molecule has 0 bridgehead atoms. The molecular weight excluding hydrogens is 338 g/mol. The third-order valence-electron chi connectivity index (χ3n) is 2.90. The van der Waals surface area contributed by atoms with Gasteiger partial charge in [0.2, 0.25) is 0 Å². The van der Waals surface area contributed by atoms with E-state index in [2.05, 4.69) is 0 Å². The summed E-state index contributed by atoms with van der Waals surface area (Å²) in [6.45, 7) is 0. The van der Waals surface area contributed by atoms with Crippen LogP contribution in [0.4, 0.5) is 42.5 Å². The van der Waals surface area contributed by atoms with Crippen LogP contribution in [0, 0.1) is 0 Å². The van der Waals surface area contributed by atoms with Gasteiger partial charge in [-0.3, -0.25) is 4.90 Å². The van der Waals surface area contributed by atoms with Crippen molar-refractivity contribution in [2.24, 2.45) is 0 Å². The molecule has 2 aromatic rings. The summed E-state index contributed by atoms with van der Waals surface area (Å²) in [4.78, 5) is 12.5. The summed E-state index contributed by atoms with van der Waals surface area (Å²) in [6, 6.07) is 8.90. The summed E-state index contributed by atoms with van der Waals surface area (Å²) >= 11 is 0. The molecule has 0 saturated heterocycles. The van der Waals surface area contributed by atoms with Crippen molar-refractivity contribution in [1.82, 2.24) is 5.32 Å². The van der Waals surface area contributed by atoms with Crippen molar-refractivity contribution in [3.63, 3.8) is 0 Å². The maximum Gasteiger partial charge on any atom is 0.485 e. The van der Waals surface area contributed by atoms with Gasteiger partial charge in [-0.15, -0.1) is 0 Å². The van der Waals surface area contributed by atoms with Crippen LogP contribution in [0.3, 0.4) is 0 Å². The monoisotopic (exact) mass is 348 g/mol. The Morgan fingerprint density at radius 3 is 1.96 bits per heavy atom. The molecule has 2 rings (SSSR count). The number of hydrogen-bond donors (Lipinski definition) is 1. The Kier molecular flexibility index (Phi) is 4.72. The van der Waals surface area contributed by atoms with Crippen LogP contribution in [0.15, 0.2) is 54.6 Å². The van der Waals surface area contributed by atoms with E-state index in [-0.39, 0.29) is 11.4 Å². The first-order valence-corrected chi connectivity index (χ1v) is 6.49. The van der Waals surface area contributed by atoms with Gasteiger partial charge in [0, 0.05) is 0 Å². The molecule has 1 N–H and O–H groups in total. The lowest BCUT2D eigenvalue weighted by molar-refractivity contribution is -0.145. The number of hydrogen-bond acceptors (Lipinski definition) is 1. The minimum Gasteiger partial charge on any atom is -0.263 e. The number of nitrogens with one attached hydrogen (secondary N) is 1. The molecule has 3 nitrogen and oxygen atoms in total. The molecule has 2 amide bonds. The molecule has 0 saturated carbocycles. The molecule has 24 heavy (non-hydrogen) atoms. The first-order chi connectivity index (χ1) is 11.1. The Bertz CT molecular complexity index is 712. The molecule has 128 valence electrons. The molecule has 0 radical (unpaired) electrons. The molecule has 0 spiro atoms. The Balaban J connectivity index is 2.49. The first-order valence-electron chi connectivity index (χ1n) is 6.49. The molecule has 0 fully saturated rings. The summed E-state index contributed by atoms with van der Waals surface area (Å²) in [6.07, 6.45) is -9.72. The van der Waals surface area contributed by atoms with Crippen molar-refractivity contribution in [2.45, 2.75) is 12.5 Å². The number of para-hydroxylation sites is 1. The van der Waals surface area contributed by atoms with Crippen molar-refractivity contribution in [3.8, 4) is 0 Å². The predicted octanol–water partition coefficient (Wildman–Crippen LogP) is 5.07. The number of alkyl halides is 6. The third-order valence-corrected chi connectivity index (χ3v) is 2.90. The highest BCUT2D eigenvalue weighted by molar-refractivity contribution is 5.99. The van der Waals surface area contributed by atoms with Crippen LogP contribution < -0.4 is 10.2 Å². The van der Waals surface area contributed by atoms with Crippen molar-refractivity contribution < 1.29 is 31.1 Å². The average molecular weight is 348 g/mol. The van der Waals surface area contributed by atoms with Crippen molar-refractivity contribution in [3.05, 3.63) is 60.2 Å². The van der Waals surface area contributed by atoms with E-state index in [0.717, 1.165) is 23.5 Å². The highest BCUT2D eigenvalue weighted by Gasteiger charge is 2.35. The van der Waals surface area contributed by atoms with Crippen LogP contribution in [0.1, 0.15) is 5.56 Å². The molecule has 0 aromatic heterocycles. The highest BCUT2D eigenvalue weighted by atomic mass is 19.4. The number of amides is 2. The number of anilines is 2. The first kappa shape index (κ1) is 17.6. The second-order valence-corrected chi connectivity index (χ2v) is 4.65. The Hall–Kier alpha value is -2.71. The Morgan fingerprint density at radius 1 is 0.833 bits per heavy atom. The van der Waals surface area contributed by atoms with Gasteiger partial charge in [0.1, 0.15) is 0 Å². The summed E-state index contributed by atoms with van der Waals surface area (Å²) < 4.78 is 75.7. The number of nitrogens with zero attached hydrogens (tertiary/aromatic N) is 1. The lowest BCUT2D eigenvalue weighted by Gasteiger charge is -2.24. The Labute approximate surface area is 132 Å². The lowest BCUT2D eigenvalue weighted by atomic mass is 10.1. The molecule has 2 aromatic carbocycles. The van der Waals surface area contributed by atoms with Crippen molar-refractivity contribution in [2.75, 3.05) is 4.90 Å². The minimum atomic E-state index is -5.02. The normalized spacial score (nSPS) is 11.9. The SMILES string of the molecule is O=C(NC(F)(F)F)N(c1ccccc1)c1cccc(C(F)(F)F)c1. The number of carbonyl (C=O) groups excluding carboxylic acids is 1. The van der Waals surface area contributed by atoms with Crippen LogP contribution in [0.5, 0.6) is 0 Å². The van der Waals surface area contributed by atoms with Crippen molar-refractivity contribution >= 4 is 17.4 Å². The molecule has 0 aliphatic rings. The largest absolute Gasteiger partial charge is 0.485 e. The number of urea groups is 1. The van der Waals surface area contributed by atoms with E-state index in [1.165, 1.54) is 24.3 Å². The van der Waals surface area contributed by atoms with E-state index < -0.39 is 24.1 Å². The summed E-state index contributed by atoms with van der Waals surface area (Å²) in [5.74, 6) is 0. The summed E-state index contributed by atoms with van der Waals surface area (Å²) in [5.41, 5.74) is -1.45. The van der Waals surface area contributed by atoms with E-state index in [4.69, 9.17) is 0 Å². The maximum atomic E-state index is 12.8. The molecular formula is C15H10F6N2O. The number of carbonyl (C=O) groups is 1.